The maximum Gasteiger partial charge on any atom is 0.243 e. The molecule has 0 spiro atoms. The normalized spacial score (nSPS) is 19.5. The monoisotopic (exact) mass is 462 g/mol. The molecular weight excluding hydrogens is 436 g/mol. The van der Waals surface area contributed by atoms with Crippen molar-refractivity contribution in [2.75, 3.05) is 19.7 Å². The fourth-order valence-electron chi connectivity index (χ4n) is 3.89. The van der Waals surface area contributed by atoms with E-state index >= 15 is 0 Å². The van der Waals surface area contributed by atoms with Gasteiger partial charge < -0.3 is 4.74 Å². The summed E-state index contributed by atoms with van der Waals surface area (Å²) in [6, 6.07) is 13.8. The number of likely N-dealkylation sites (tertiary alicyclic amines) is 1. The van der Waals surface area contributed by atoms with Crippen LogP contribution < -0.4 is 9.46 Å². The van der Waals surface area contributed by atoms with E-state index < -0.39 is 10.0 Å². The van der Waals surface area contributed by atoms with E-state index in [0.717, 1.165) is 56.5 Å². The molecule has 2 aromatic carbocycles. The van der Waals surface area contributed by atoms with Gasteiger partial charge in [0.1, 0.15) is 10.6 Å². The second kappa shape index (κ2) is 9.69. The van der Waals surface area contributed by atoms with Crippen LogP contribution in [0.5, 0.6) is 5.75 Å². The van der Waals surface area contributed by atoms with Crippen LogP contribution in [0.25, 0.3) is 0 Å². The fraction of sp³-hybridized carbons (Fsp3) is 0.435. The molecule has 2 fully saturated rings. The van der Waals surface area contributed by atoms with Crippen molar-refractivity contribution in [3.8, 4) is 5.75 Å². The molecule has 0 amide bonds. The number of nitrogens with one attached hydrogen (secondary N) is 1. The zero-order valence-electron chi connectivity index (χ0n) is 17.3. The molecule has 1 atom stereocenters. The summed E-state index contributed by atoms with van der Waals surface area (Å²) in [6.45, 7) is 2.10. The summed E-state index contributed by atoms with van der Waals surface area (Å²) >= 11 is 6.07. The molecule has 2 aliphatic rings. The molecule has 0 radical (unpaired) electrons. The van der Waals surface area contributed by atoms with Gasteiger partial charge in [0.05, 0.1) is 17.8 Å². The SMILES string of the molecule is O=C(c1ccc(OCCCN2CCCC2NS(=O)(=O)c2ccccc2Cl)cc1)C1CC1. The van der Waals surface area contributed by atoms with E-state index in [4.69, 9.17) is 16.3 Å². The average molecular weight is 463 g/mol. The molecule has 1 N–H and O–H groups in total. The predicted molar refractivity (Wildman–Crippen MR) is 120 cm³/mol. The highest BCUT2D eigenvalue weighted by atomic mass is 35.5. The highest BCUT2D eigenvalue weighted by molar-refractivity contribution is 7.89. The van der Waals surface area contributed by atoms with Gasteiger partial charge in [0, 0.05) is 18.0 Å². The summed E-state index contributed by atoms with van der Waals surface area (Å²) in [4.78, 5) is 14.3. The number of nitrogens with zero attached hydrogens (tertiary/aromatic N) is 1. The summed E-state index contributed by atoms with van der Waals surface area (Å²) in [7, 11) is -3.68. The van der Waals surface area contributed by atoms with E-state index in [-0.39, 0.29) is 27.8 Å². The average Bonchev–Trinajstić information content (AvgIpc) is 3.52. The third-order valence-corrected chi connectivity index (χ3v) is 7.69. The molecule has 0 aromatic heterocycles. The molecular formula is C23H27ClN2O4S. The van der Waals surface area contributed by atoms with Gasteiger partial charge >= 0.3 is 0 Å². The zero-order chi connectivity index (χ0) is 21.8. The number of carbonyl (C=O) groups excluding carboxylic acids is 1. The Hall–Kier alpha value is -1.93. The molecule has 1 saturated heterocycles. The van der Waals surface area contributed by atoms with Crippen LogP contribution in [0.1, 0.15) is 42.5 Å². The first-order chi connectivity index (χ1) is 14.9. The van der Waals surface area contributed by atoms with Crippen molar-refractivity contribution < 1.29 is 17.9 Å². The van der Waals surface area contributed by atoms with Gasteiger partial charge in [-0.05, 0) is 75.0 Å². The van der Waals surface area contributed by atoms with E-state index in [9.17, 15) is 13.2 Å². The molecule has 1 saturated carbocycles. The number of hydrogen-bond donors (Lipinski definition) is 1. The Morgan fingerprint density at radius 3 is 2.55 bits per heavy atom. The van der Waals surface area contributed by atoms with Gasteiger partial charge in [-0.25, -0.2) is 8.42 Å². The zero-order valence-corrected chi connectivity index (χ0v) is 18.9. The van der Waals surface area contributed by atoms with Crippen LogP contribution in [0.3, 0.4) is 0 Å². The van der Waals surface area contributed by atoms with Crippen LogP contribution in [0.4, 0.5) is 0 Å². The highest BCUT2D eigenvalue weighted by Crippen LogP contribution is 2.33. The third kappa shape index (κ3) is 5.66. The smallest absolute Gasteiger partial charge is 0.243 e. The number of carbonyl (C=O) groups is 1. The topological polar surface area (TPSA) is 75.7 Å². The van der Waals surface area contributed by atoms with Gasteiger partial charge in [0.2, 0.25) is 10.0 Å². The van der Waals surface area contributed by atoms with Gasteiger partial charge in [-0.1, -0.05) is 23.7 Å². The van der Waals surface area contributed by atoms with Crippen LogP contribution in [-0.4, -0.2) is 45.0 Å². The maximum absolute atomic E-state index is 12.7. The number of hydrogen-bond acceptors (Lipinski definition) is 5. The van der Waals surface area contributed by atoms with E-state index in [0.29, 0.717) is 6.61 Å². The largest absolute Gasteiger partial charge is 0.494 e. The minimum atomic E-state index is -3.68. The van der Waals surface area contributed by atoms with Gasteiger partial charge in [0.15, 0.2) is 5.78 Å². The lowest BCUT2D eigenvalue weighted by molar-refractivity contribution is 0.0967. The van der Waals surface area contributed by atoms with Crippen molar-refractivity contribution in [1.29, 1.82) is 0 Å². The Balaban J connectivity index is 1.25. The lowest BCUT2D eigenvalue weighted by Gasteiger charge is -2.25. The molecule has 2 aromatic rings. The Morgan fingerprint density at radius 1 is 1.10 bits per heavy atom. The molecule has 8 heteroatoms. The van der Waals surface area contributed by atoms with Crippen molar-refractivity contribution in [3.05, 3.63) is 59.1 Å². The maximum atomic E-state index is 12.7. The molecule has 1 unspecified atom stereocenters. The van der Waals surface area contributed by atoms with Crippen LogP contribution in [0, 0.1) is 5.92 Å². The second-order valence-electron chi connectivity index (χ2n) is 8.11. The van der Waals surface area contributed by atoms with Gasteiger partial charge in [0.25, 0.3) is 0 Å². The summed E-state index contributed by atoms with van der Waals surface area (Å²) in [6.07, 6.45) is 4.24. The highest BCUT2D eigenvalue weighted by Gasteiger charge is 2.31. The predicted octanol–water partition coefficient (Wildman–Crippen LogP) is 4.10. The molecule has 31 heavy (non-hydrogen) atoms. The lowest BCUT2D eigenvalue weighted by Crippen LogP contribution is -2.44. The van der Waals surface area contributed by atoms with E-state index in [1.807, 2.05) is 24.3 Å². The van der Waals surface area contributed by atoms with Crippen molar-refractivity contribution >= 4 is 27.4 Å². The van der Waals surface area contributed by atoms with E-state index in [1.54, 1.807) is 18.2 Å². The van der Waals surface area contributed by atoms with Gasteiger partial charge in [-0.3, -0.25) is 9.69 Å². The summed E-state index contributed by atoms with van der Waals surface area (Å²) < 4.78 is 34.0. The molecule has 1 heterocycles. The summed E-state index contributed by atoms with van der Waals surface area (Å²) in [5.74, 6) is 1.19. The Labute approximate surface area is 188 Å². The van der Waals surface area contributed by atoms with Crippen LogP contribution in [-0.2, 0) is 10.0 Å². The minimum absolute atomic E-state index is 0.107. The van der Waals surface area contributed by atoms with Crippen LogP contribution in [0.2, 0.25) is 5.02 Å². The third-order valence-electron chi connectivity index (χ3n) is 5.73. The molecule has 166 valence electrons. The first-order valence-corrected chi connectivity index (χ1v) is 12.6. The van der Waals surface area contributed by atoms with Crippen molar-refractivity contribution in [2.45, 2.75) is 43.2 Å². The van der Waals surface area contributed by atoms with Gasteiger partial charge in [-0.15, -0.1) is 0 Å². The van der Waals surface area contributed by atoms with E-state index in [1.165, 1.54) is 6.07 Å². The number of sulfonamides is 1. The summed E-state index contributed by atoms with van der Waals surface area (Å²) in [5.41, 5.74) is 0.751. The standard InChI is InChI=1S/C23H27ClN2O4S/c24-20-5-1-2-6-21(20)31(28,29)25-22-7-3-14-26(22)15-4-16-30-19-12-10-18(11-13-19)23(27)17-8-9-17/h1-2,5-6,10-13,17,22,25H,3-4,7-9,14-16H2. The molecule has 1 aliphatic heterocycles. The van der Waals surface area contributed by atoms with Crippen LogP contribution >= 0.6 is 11.6 Å². The number of ketones is 1. The molecule has 1 aliphatic carbocycles. The minimum Gasteiger partial charge on any atom is -0.494 e. The summed E-state index contributed by atoms with van der Waals surface area (Å²) in [5, 5.41) is 0.220. The molecule has 0 bridgehead atoms. The molecule has 4 rings (SSSR count). The fourth-order valence-corrected chi connectivity index (χ4v) is 5.66. The number of benzene rings is 2. The lowest BCUT2D eigenvalue weighted by atomic mass is 10.1. The van der Waals surface area contributed by atoms with Crippen molar-refractivity contribution in [3.63, 3.8) is 0 Å². The van der Waals surface area contributed by atoms with E-state index in [2.05, 4.69) is 9.62 Å². The first kappa shape index (κ1) is 22.3. The molecule has 6 nitrogen and oxygen atoms in total. The first-order valence-electron chi connectivity index (χ1n) is 10.7. The van der Waals surface area contributed by atoms with Crippen molar-refractivity contribution in [1.82, 2.24) is 9.62 Å². The second-order valence-corrected chi connectivity index (χ2v) is 10.2. The van der Waals surface area contributed by atoms with Crippen molar-refractivity contribution in [2.24, 2.45) is 5.92 Å². The number of Topliss-reactive ketones (excluding diaryl/α,β-unsaturated/α-hetero) is 1. The number of rotatable bonds is 10. The Kier molecular flexibility index (Phi) is 6.96. The quantitative estimate of drug-likeness (QED) is 0.425. The Morgan fingerprint density at radius 2 is 1.84 bits per heavy atom. The number of ether oxygens (including phenoxy) is 1. The number of halogens is 1. The van der Waals surface area contributed by atoms with Crippen LogP contribution in [0.15, 0.2) is 53.4 Å². The van der Waals surface area contributed by atoms with Gasteiger partial charge in [-0.2, -0.15) is 4.72 Å². The Bertz CT molecular complexity index is 1020.